The Morgan fingerprint density at radius 1 is 0.250 bits per heavy atom. The summed E-state index contributed by atoms with van der Waals surface area (Å²) >= 11 is 0. The van der Waals surface area contributed by atoms with Gasteiger partial charge in [0.2, 0.25) is 17.7 Å². The van der Waals surface area contributed by atoms with Crippen LogP contribution in [0.25, 0.3) is 0 Å². The van der Waals surface area contributed by atoms with Gasteiger partial charge in [0.05, 0.1) is 164 Å². The minimum absolute atomic E-state index is 0.0601. The Kier molecular flexibility index (Phi) is 56.7. The lowest BCUT2D eigenvalue weighted by atomic mass is 9.92. The fourth-order valence-corrected chi connectivity index (χ4v) is 9.12. The summed E-state index contributed by atoms with van der Waals surface area (Å²) in [6.07, 6.45) is -4.42. The van der Waals surface area contributed by atoms with E-state index in [1.807, 2.05) is 0 Å². The van der Waals surface area contributed by atoms with Gasteiger partial charge in [-0.3, -0.25) is 38.4 Å². The van der Waals surface area contributed by atoms with E-state index in [9.17, 15) is 67.1 Å². The van der Waals surface area contributed by atoms with Crippen LogP contribution in [0.4, 0.5) is 14.4 Å². The molecule has 0 rings (SSSR count). The highest BCUT2D eigenvalue weighted by Crippen LogP contribution is 2.23. The monoisotopic (exact) mass is 1730 g/mol. The predicted octanol–water partition coefficient (Wildman–Crippen LogP) is 4.05. The summed E-state index contributed by atoms with van der Waals surface area (Å²) in [7, 11) is 1.30. The predicted molar refractivity (Wildman–Crippen MR) is 424 cm³/mol. The Labute approximate surface area is 704 Å². The van der Waals surface area contributed by atoms with Crippen molar-refractivity contribution in [2.45, 2.75) is 234 Å². The number of methoxy groups -OCH3 is 1. The number of carbonyl (C=O) groups is 14. The van der Waals surface area contributed by atoms with Crippen LogP contribution in [0.5, 0.6) is 0 Å². The summed E-state index contributed by atoms with van der Waals surface area (Å²) < 4.78 is 115. The van der Waals surface area contributed by atoms with Crippen LogP contribution in [0.2, 0.25) is 0 Å². The summed E-state index contributed by atoms with van der Waals surface area (Å²) in [6.45, 7) is 27.9. The molecule has 0 aliphatic carbocycles. The molecule has 0 saturated heterocycles. The summed E-state index contributed by atoms with van der Waals surface area (Å²) in [5, 5.41) is 15.0. The van der Waals surface area contributed by atoms with Crippen LogP contribution in [-0.2, 0) is 152 Å². The molecule has 6 N–H and O–H groups in total. The van der Waals surface area contributed by atoms with Gasteiger partial charge in [0.25, 0.3) is 0 Å². The van der Waals surface area contributed by atoms with Gasteiger partial charge in [0.1, 0.15) is 78.2 Å². The molecule has 0 spiro atoms. The van der Waals surface area contributed by atoms with E-state index in [1.54, 1.807) is 125 Å². The maximum absolute atomic E-state index is 13.4. The van der Waals surface area contributed by atoms with Gasteiger partial charge < -0.3 is 131 Å². The van der Waals surface area contributed by atoms with Crippen LogP contribution in [-0.4, -0.2) is 321 Å². The van der Waals surface area contributed by atoms with E-state index < -0.39 is 161 Å². The number of hydrogen-bond acceptors (Lipinski definition) is 35. The second-order valence-electron chi connectivity index (χ2n) is 32.8. The van der Waals surface area contributed by atoms with Crippen molar-refractivity contribution in [2.24, 2.45) is 5.41 Å². The SMILES string of the molecule is COC(=O)CCOCCOCCOCCOCCCC(=O)OCC(COCCOC(=O)NCCOCCC(=O)NC(CC(=O)OC(C)(C)C)C(=O)OC(C)(C)C)(COCCOC(=O)NCCOCCC(=O)NC(CC(=O)OC(C)(C)C)C(=O)OC(C)(C)C)COCCOC(=O)NCCOCCC(=O)NC(CC(=O)OC(C)(C)C)C(=O)OC(C)(C)C. The van der Waals surface area contributed by atoms with E-state index in [-0.39, 0.29) is 209 Å². The van der Waals surface area contributed by atoms with Crippen LogP contribution in [0, 0.1) is 5.41 Å². The smallest absolute Gasteiger partial charge is 0.407 e. The molecular formula is C79H138N6O35. The zero-order valence-corrected chi connectivity index (χ0v) is 74.0. The van der Waals surface area contributed by atoms with Gasteiger partial charge in [-0.15, -0.1) is 0 Å². The zero-order chi connectivity index (χ0) is 90.9. The topological polar surface area (TPSA) is 505 Å². The average Bonchev–Trinajstić information content (AvgIpc) is 0.875. The fraction of sp³-hybridized carbons (Fsp3) is 0.823. The second kappa shape index (κ2) is 61.0. The van der Waals surface area contributed by atoms with E-state index in [2.05, 4.69) is 36.6 Å². The molecular weight excluding hydrogens is 1590 g/mol. The average molecular weight is 1730 g/mol. The molecule has 41 heteroatoms. The Morgan fingerprint density at radius 2 is 0.508 bits per heavy atom. The van der Waals surface area contributed by atoms with E-state index in [0.29, 0.717) is 6.61 Å². The number of nitrogens with one attached hydrogen (secondary N) is 6. The molecule has 3 atom stereocenters. The Morgan fingerprint density at radius 3 is 0.792 bits per heavy atom. The number of esters is 8. The molecule has 694 valence electrons. The van der Waals surface area contributed by atoms with Gasteiger partial charge in [-0.05, 0) is 131 Å². The standard InChI is InChI=1S/C79H138N6O35/c1-73(2,3)115-64(91)49-56(67(94)118-76(10,11)12)83-59(86)22-30-102-34-26-80-70(97)111-46-43-108-52-79(55-114-63(90)21-20-29-101-37-39-106-41-42-107-40-38-105-33-25-62(89)100-19,53-109-44-47-112-71(98)81-27-35-103-31-23-60(87)84-57(68(95)119-77(13,14)15)50-65(92)116-74(4,5)6)54-110-45-48-113-72(99)82-28-36-104-32-24-61(88)85-58(69(96)120-78(16,17)18)51-66(93)117-75(7,8)9/h56-58H,20-55H2,1-19H3,(H,80,97)(H,81,98)(H,82,99)(H,83,86)(H,84,87)(H,85,88). The molecule has 0 aromatic carbocycles. The number of ether oxygens (including phenoxy) is 21. The van der Waals surface area contributed by atoms with Crippen LogP contribution in [0.3, 0.4) is 0 Å². The third-order valence-electron chi connectivity index (χ3n) is 14.0. The summed E-state index contributed by atoms with van der Waals surface area (Å²) in [6, 6.07) is -4.01. The number of alkyl carbamates (subject to hydrolysis) is 3. The molecule has 0 aromatic rings. The molecule has 6 amide bonds. The lowest BCUT2D eigenvalue weighted by molar-refractivity contribution is -0.165. The maximum Gasteiger partial charge on any atom is 0.407 e. The molecule has 0 aromatic heterocycles. The number of amides is 6. The summed E-state index contributed by atoms with van der Waals surface area (Å²) in [5.41, 5.74) is -6.66. The van der Waals surface area contributed by atoms with E-state index in [4.69, 9.17) is 94.7 Å². The third kappa shape index (κ3) is 68.3. The minimum atomic E-state index is -1.37. The van der Waals surface area contributed by atoms with Crippen molar-refractivity contribution < 1.29 is 167 Å². The minimum Gasteiger partial charge on any atom is -0.469 e. The van der Waals surface area contributed by atoms with E-state index in [0.717, 1.165) is 0 Å². The fourth-order valence-electron chi connectivity index (χ4n) is 9.12. The summed E-state index contributed by atoms with van der Waals surface area (Å²) in [4.78, 5) is 178. The van der Waals surface area contributed by atoms with Gasteiger partial charge in [0.15, 0.2) is 0 Å². The van der Waals surface area contributed by atoms with Gasteiger partial charge in [-0.1, -0.05) is 0 Å². The highest BCUT2D eigenvalue weighted by molar-refractivity contribution is 5.90. The molecule has 0 aliphatic rings. The van der Waals surface area contributed by atoms with Gasteiger partial charge in [-0.25, -0.2) is 28.8 Å². The zero-order valence-electron chi connectivity index (χ0n) is 74.0. The molecule has 0 bridgehead atoms. The largest absolute Gasteiger partial charge is 0.469 e. The van der Waals surface area contributed by atoms with Crippen LogP contribution < -0.4 is 31.9 Å². The molecule has 3 unspecified atom stereocenters. The lowest BCUT2D eigenvalue weighted by Crippen LogP contribution is -2.46. The molecule has 0 saturated carbocycles. The maximum atomic E-state index is 13.4. The van der Waals surface area contributed by atoms with E-state index in [1.165, 1.54) is 7.11 Å². The van der Waals surface area contributed by atoms with Crippen molar-refractivity contribution in [1.29, 1.82) is 0 Å². The highest BCUT2D eigenvalue weighted by atomic mass is 16.6. The normalized spacial score (nSPS) is 13.1. The Balaban J connectivity index is 6.19. The molecule has 0 fully saturated rings. The van der Waals surface area contributed by atoms with Crippen molar-refractivity contribution in [2.75, 3.05) is 185 Å². The van der Waals surface area contributed by atoms with Crippen LogP contribution in [0.1, 0.15) is 182 Å². The van der Waals surface area contributed by atoms with Crippen molar-refractivity contribution in [3.63, 3.8) is 0 Å². The van der Waals surface area contributed by atoms with Crippen molar-refractivity contribution >= 4 is 83.8 Å². The number of carbonyl (C=O) groups excluding carboxylic acids is 14. The first-order valence-electron chi connectivity index (χ1n) is 39.9. The van der Waals surface area contributed by atoms with Gasteiger partial charge in [0, 0.05) is 51.9 Å². The molecule has 0 heterocycles. The summed E-state index contributed by atoms with van der Waals surface area (Å²) in [5.74, 6) is -7.56. The number of rotatable bonds is 63. The first-order chi connectivity index (χ1) is 56.0. The van der Waals surface area contributed by atoms with E-state index >= 15 is 0 Å². The van der Waals surface area contributed by atoms with Crippen LogP contribution >= 0.6 is 0 Å². The first kappa shape index (κ1) is 112. The quantitative estimate of drug-likeness (QED) is 0.0284. The Bertz CT molecular complexity index is 2780. The number of hydrogen-bond donors (Lipinski definition) is 6. The van der Waals surface area contributed by atoms with Crippen molar-refractivity contribution in [3.05, 3.63) is 0 Å². The third-order valence-corrected chi connectivity index (χ3v) is 14.0. The molecule has 120 heavy (non-hydrogen) atoms. The molecule has 41 nitrogen and oxygen atoms in total. The van der Waals surface area contributed by atoms with Gasteiger partial charge >= 0.3 is 66.0 Å². The molecule has 0 aliphatic heterocycles. The van der Waals surface area contributed by atoms with Crippen molar-refractivity contribution in [1.82, 2.24) is 31.9 Å². The van der Waals surface area contributed by atoms with Crippen molar-refractivity contribution in [3.8, 4) is 0 Å². The highest BCUT2D eigenvalue weighted by Gasteiger charge is 2.37. The van der Waals surface area contributed by atoms with Gasteiger partial charge in [-0.2, -0.15) is 0 Å². The molecule has 0 radical (unpaired) electrons. The second-order valence-corrected chi connectivity index (χ2v) is 32.8. The first-order valence-corrected chi connectivity index (χ1v) is 39.9. The lowest BCUT2D eigenvalue weighted by Gasteiger charge is -2.32. The Hall–Kier alpha value is -8.42. The van der Waals surface area contributed by atoms with Crippen LogP contribution in [0.15, 0.2) is 0 Å².